The first-order chi connectivity index (χ1) is 15.3. The van der Waals surface area contributed by atoms with Gasteiger partial charge in [-0.3, -0.25) is 9.10 Å². The Labute approximate surface area is 191 Å². The highest BCUT2D eigenvalue weighted by atomic mass is 32.2. The second-order valence-corrected chi connectivity index (χ2v) is 9.96. The predicted molar refractivity (Wildman–Crippen MR) is 132 cm³/mol. The van der Waals surface area contributed by atoms with Crippen molar-refractivity contribution in [2.24, 2.45) is 0 Å². The Morgan fingerprint density at radius 3 is 2.03 bits per heavy atom. The van der Waals surface area contributed by atoms with E-state index in [1.54, 1.807) is 24.3 Å². The van der Waals surface area contributed by atoms with Gasteiger partial charge in [0.15, 0.2) is 0 Å². The molecule has 6 heteroatoms. The lowest BCUT2D eigenvalue weighted by molar-refractivity contribution is 0.102. The van der Waals surface area contributed by atoms with Crippen molar-refractivity contribution in [2.45, 2.75) is 39.7 Å². The van der Waals surface area contributed by atoms with Crippen molar-refractivity contribution in [3.05, 3.63) is 95.1 Å². The van der Waals surface area contributed by atoms with Crippen molar-refractivity contribution in [3.63, 3.8) is 0 Å². The van der Waals surface area contributed by atoms with Crippen molar-refractivity contribution in [1.29, 1.82) is 0 Å². The molecule has 0 atom stereocenters. The molecule has 1 N–H and O–H groups in total. The molecule has 3 aromatic carbocycles. The number of nitrogens with zero attached hydrogens (tertiary/aromatic N) is 1. The van der Waals surface area contributed by atoms with Crippen molar-refractivity contribution < 1.29 is 13.2 Å². The Morgan fingerprint density at radius 2 is 1.47 bits per heavy atom. The number of benzene rings is 3. The van der Waals surface area contributed by atoms with Crippen LogP contribution in [-0.2, 0) is 23.0 Å². The largest absolute Gasteiger partial charge is 0.322 e. The summed E-state index contributed by atoms with van der Waals surface area (Å²) >= 11 is 0. The fourth-order valence-corrected chi connectivity index (χ4v) is 4.27. The molecule has 0 heterocycles. The quantitative estimate of drug-likeness (QED) is 0.464. The first-order valence-corrected chi connectivity index (χ1v) is 12.6. The molecule has 0 aliphatic heterocycles. The minimum absolute atomic E-state index is 0.231. The highest BCUT2D eigenvalue weighted by molar-refractivity contribution is 7.92. The highest BCUT2D eigenvalue weighted by Crippen LogP contribution is 2.22. The number of rotatable bonds is 9. The molecule has 0 unspecified atom stereocenters. The fourth-order valence-electron chi connectivity index (χ4n) is 3.38. The van der Waals surface area contributed by atoms with Crippen LogP contribution in [0.4, 0.5) is 11.4 Å². The summed E-state index contributed by atoms with van der Waals surface area (Å²) in [7, 11) is -3.49. The number of nitrogens with one attached hydrogen (secondary N) is 1. The van der Waals surface area contributed by atoms with E-state index in [1.807, 2.05) is 55.5 Å². The van der Waals surface area contributed by atoms with Gasteiger partial charge in [-0.2, -0.15) is 0 Å². The smallest absolute Gasteiger partial charge is 0.255 e. The number of sulfonamides is 1. The SMILES string of the molecule is CCCCc1ccc(NC(=O)c2ccc(N(Cc3ccc(C)cc3)S(C)(=O)=O)cc2)cc1. The third-order valence-corrected chi connectivity index (χ3v) is 6.44. The zero-order valence-electron chi connectivity index (χ0n) is 18.8. The molecule has 0 bridgehead atoms. The van der Waals surface area contributed by atoms with Crippen molar-refractivity contribution in [3.8, 4) is 0 Å². The lowest BCUT2D eigenvalue weighted by atomic mass is 10.1. The molecular weight excluding hydrogens is 420 g/mol. The molecule has 0 saturated carbocycles. The van der Waals surface area contributed by atoms with E-state index in [9.17, 15) is 13.2 Å². The predicted octanol–water partition coefficient (Wildman–Crippen LogP) is 5.56. The van der Waals surface area contributed by atoms with E-state index in [-0.39, 0.29) is 12.5 Å². The van der Waals surface area contributed by atoms with Crippen molar-refractivity contribution in [2.75, 3.05) is 15.9 Å². The summed E-state index contributed by atoms with van der Waals surface area (Å²) < 4.78 is 26.1. The molecule has 0 aromatic heterocycles. The second-order valence-electron chi connectivity index (χ2n) is 8.06. The van der Waals surface area contributed by atoms with E-state index in [4.69, 9.17) is 0 Å². The van der Waals surface area contributed by atoms with Gasteiger partial charge in [0.25, 0.3) is 5.91 Å². The maximum Gasteiger partial charge on any atom is 0.255 e. The summed E-state index contributed by atoms with van der Waals surface area (Å²) in [6.07, 6.45) is 4.51. The van der Waals surface area contributed by atoms with Gasteiger partial charge in [-0.1, -0.05) is 55.3 Å². The molecule has 5 nitrogen and oxygen atoms in total. The Bertz CT molecular complexity index is 1140. The number of hydrogen-bond acceptors (Lipinski definition) is 3. The first-order valence-electron chi connectivity index (χ1n) is 10.8. The zero-order valence-corrected chi connectivity index (χ0v) is 19.7. The number of carbonyl (C=O) groups is 1. The Balaban J connectivity index is 1.71. The van der Waals surface area contributed by atoms with Crippen LogP contribution in [0.15, 0.2) is 72.8 Å². The van der Waals surface area contributed by atoms with Gasteiger partial charge in [0.05, 0.1) is 18.5 Å². The van der Waals surface area contributed by atoms with Crippen LogP contribution in [0.1, 0.15) is 46.8 Å². The van der Waals surface area contributed by atoms with Crippen LogP contribution < -0.4 is 9.62 Å². The van der Waals surface area contributed by atoms with Crippen molar-refractivity contribution >= 4 is 27.3 Å². The summed E-state index contributed by atoms with van der Waals surface area (Å²) in [5.41, 5.74) is 4.98. The van der Waals surface area contributed by atoms with E-state index >= 15 is 0 Å². The van der Waals surface area contributed by atoms with Crippen LogP contribution in [-0.4, -0.2) is 20.6 Å². The normalized spacial score (nSPS) is 11.2. The topological polar surface area (TPSA) is 66.5 Å². The lowest BCUT2D eigenvalue weighted by Crippen LogP contribution is -2.29. The average molecular weight is 451 g/mol. The highest BCUT2D eigenvalue weighted by Gasteiger charge is 2.18. The van der Waals surface area contributed by atoms with Gasteiger partial charge in [0.1, 0.15) is 0 Å². The van der Waals surface area contributed by atoms with Gasteiger partial charge in [-0.25, -0.2) is 8.42 Å². The molecule has 3 rings (SSSR count). The zero-order chi connectivity index (χ0) is 23.1. The maximum absolute atomic E-state index is 12.6. The van der Waals surface area contributed by atoms with Gasteiger partial charge < -0.3 is 5.32 Å². The van der Waals surface area contributed by atoms with E-state index in [0.717, 1.165) is 36.1 Å². The number of hydrogen-bond donors (Lipinski definition) is 1. The van der Waals surface area contributed by atoms with E-state index in [2.05, 4.69) is 12.2 Å². The Kier molecular flexibility index (Phi) is 7.70. The van der Waals surface area contributed by atoms with Crippen LogP contribution in [0.2, 0.25) is 0 Å². The van der Waals surface area contributed by atoms with Gasteiger partial charge in [-0.15, -0.1) is 0 Å². The number of amides is 1. The number of carbonyl (C=O) groups excluding carboxylic acids is 1. The first kappa shape index (κ1) is 23.5. The van der Waals surface area contributed by atoms with Gasteiger partial charge in [0, 0.05) is 11.3 Å². The monoisotopic (exact) mass is 450 g/mol. The average Bonchev–Trinajstić information content (AvgIpc) is 2.77. The van der Waals surface area contributed by atoms with Gasteiger partial charge in [-0.05, 0) is 67.3 Å². The van der Waals surface area contributed by atoms with E-state index in [1.165, 1.54) is 16.1 Å². The minimum atomic E-state index is -3.49. The third-order valence-electron chi connectivity index (χ3n) is 5.30. The lowest BCUT2D eigenvalue weighted by Gasteiger charge is -2.23. The summed E-state index contributed by atoms with van der Waals surface area (Å²) in [5, 5.41) is 2.89. The molecule has 32 heavy (non-hydrogen) atoms. The van der Waals surface area contributed by atoms with Crippen molar-refractivity contribution in [1.82, 2.24) is 0 Å². The molecule has 3 aromatic rings. The molecule has 1 amide bonds. The molecule has 0 aliphatic rings. The molecule has 0 fully saturated rings. The van der Waals surface area contributed by atoms with E-state index < -0.39 is 10.0 Å². The number of anilines is 2. The van der Waals surface area contributed by atoms with Crippen LogP contribution in [0.5, 0.6) is 0 Å². The standard InChI is InChI=1S/C26H30N2O3S/c1-4-5-6-21-11-15-24(16-12-21)27-26(29)23-13-17-25(18-14-23)28(32(3,30)31)19-22-9-7-20(2)8-10-22/h7-18H,4-6,19H2,1-3H3,(H,27,29). The molecule has 0 radical (unpaired) electrons. The summed E-state index contributed by atoms with van der Waals surface area (Å²) in [4.78, 5) is 12.6. The van der Waals surface area contributed by atoms with Crippen LogP contribution in [0.25, 0.3) is 0 Å². The second kappa shape index (κ2) is 10.5. The summed E-state index contributed by atoms with van der Waals surface area (Å²) in [6.45, 7) is 4.38. The maximum atomic E-state index is 12.6. The molecule has 168 valence electrons. The number of aryl methyl sites for hydroxylation is 2. The van der Waals surface area contributed by atoms with E-state index in [0.29, 0.717) is 11.3 Å². The summed E-state index contributed by atoms with van der Waals surface area (Å²) in [6, 6.07) is 22.3. The van der Waals surface area contributed by atoms with Gasteiger partial charge in [0.2, 0.25) is 10.0 Å². The fraction of sp³-hybridized carbons (Fsp3) is 0.269. The summed E-state index contributed by atoms with van der Waals surface area (Å²) in [5.74, 6) is -0.234. The van der Waals surface area contributed by atoms with Crippen LogP contribution in [0, 0.1) is 6.92 Å². The molecule has 0 saturated heterocycles. The van der Waals surface area contributed by atoms with Crippen LogP contribution >= 0.6 is 0 Å². The van der Waals surface area contributed by atoms with Gasteiger partial charge >= 0.3 is 0 Å². The number of unbranched alkanes of at least 4 members (excludes halogenated alkanes) is 1. The molecular formula is C26H30N2O3S. The third kappa shape index (κ3) is 6.44. The Hall–Kier alpha value is -3.12. The van der Waals surface area contributed by atoms with Crippen LogP contribution in [0.3, 0.4) is 0 Å². The minimum Gasteiger partial charge on any atom is -0.322 e. The Morgan fingerprint density at radius 1 is 0.875 bits per heavy atom. The molecule has 0 aliphatic carbocycles. The molecule has 0 spiro atoms.